The fourth-order valence-electron chi connectivity index (χ4n) is 2.10. The molecule has 2 aromatic rings. The molecule has 0 fully saturated rings. The molecular formula is C14H17N3O2. The normalized spacial score (nSPS) is 11.3. The van der Waals surface area contributed by atoms with Crippen LogP contribution < -0.4 is 10.9 Å². The number of carbonyl (C=O) groups is 1. The Bertz CT molecular complexity index is 590. The van der Waals surface area contributed by atoms with Crippen LogP contribution in [0.1, 0.15) is 29.8 Å². The van der Waals surface area contributed by atoms with Crippen LogP contribution >= 0.6 is 0 Å². The van der Waals surface area contributed by atoms with Gasteiger partial charge in [0.05, 0.1) is 12.2 Å². The van der Waals surface area contributed by atoms with Gasteiger partial charge in [-0.3, -0.25) is 14.7 Å². The lowest BCUT2D eigenvalue weighted by Gasteiger charge is -2.21. The molecule has 0 saturated carbocycles. The molecule has 1 aromatic carbocycles. The number of nitrogens with one attached hydrogen (secondary N) is 2. The molecule has 0 atom stereocenters. The van der Waals surface area contributed by atoms with Crippen molar-refractivity contribution in [3.05, 3.63) is 47.7 Å². The van der Waals surface area contributed by atoms with Gasteiger partial charge in [0.2, 0.25) is 0 Å². The van der Waals surface area contributed by atoms with Crippen LogP contribution in [0.25, 0.3) is 11.3 Å². The second-order valence-electron chi connectivity index (χ2n) is 3.91. The van der Waals surface area contributed by atoms with Crippen molar-refractivity contribution in [3.63, 3.8) is 0 Å². The molecular weight excluding hydrogens is 242 g/mol. The minimum absolute atomic E-state index is 0.452. The number of amides is 1. The third-order valence-electron chi connectivity index (χ3n) is 2.93. The van der Waals surface area contributed by atoms with Crippen molar-refractivity contribution in [2.24, 2.45) is 0 Å². The number of hydroxylamine groups is 1. The second-order valence-corrected chi connectivity index (χ2v) is 3.91. The van der Waals surface area contributed by atoms with Gasteiger partial charge >= 0.3 is 0 Å². The summed E-state index contributed by atoms with van der Waals surface area (Å²) in [6.07, 6.45) is 1.95. The Kier molecular flexibility index (Phi) is 3.87. The van der Waals surface area contributed by atoms with Crippen molar-refractivity contribution >= 4 is 5.91 Å². The fraction of sp³-hybridized carbons (Fsp3) is 0.214. The van der Waals surface area contributed by atoms with Gasteiger partial charge in [-0.2, -0.15) is 0 Å². The van der Waals surface area contributed by atoms with Crippen LogP contribution in [-0.2, 0) is 6.54 Å². The van der Waals surface area contributed by atoms with Gasteiger partial charge < -0.3 is 5.43 Å². The Morgan fingerprint density at radius 3 is 2.89 bits per heavy atom. The largest absolute Gasteiger partial charge is 0.321 e. The molecule has 0 spiro atoms. The molecule has 0 saturated heterocycles. The first-order chi connectivity index (χ1) is 9.29. The average Bonchev–Trinajstić information content (AvgIpc) is 2.96. The number of rotatable bonds is 1. The summed E-state index contributed by atoms with van der Waals surface area (Å²) >= 11 is 0. The van der Waals surface area contributed by atoms with Gasteiger partial charge in [-0.1, -0.05) is 19.9 Å². The predicted octanol–water partition coefficient (Wildman–Crippen LogP) is 2.36. The summed E-state index contributed by atoms with van der Waals surface area (Å²) < 4.78 is 1.95. The van der Waals surface area contributed by atoms with Gasteiger partial charge in [-0.15, -0.1) is 0 Å². The summed E-state index contributed by atoms with van der Waals surface area (Å²) in [6, 6.07) is 9.35. The average molecular weight is 259 g/mol. The second kappa shape index (κ2) is 5.58. The first-order valence-corrected chi connectivity index (χ1v) is 6.28. The maximum atomic E-state index is 11.3. The van der Waals surface area contributed by atoms with E-state index in [-0.39, 0.29) is 0 Å². The number of fused-ring (bicyclic) bond motifs is 3. The molecule has 3 rings (SSSR count). The summed E-state index contributed by atoms with van der Waals surface area (Å²) in [7, 11) is 0. The number of benzene rings is 1. The first kappa shape index (κ1) is 13.2. The maximum Gasteiger partial charge on any atom is 0.274 e. The lowest BCUT2D eigenvalue weighted by atomic mass is 10.00. The summed E-state index contributed by atoms with van der Waals surface area (Å²) in [5.74, 6) is -0.492. The van der Waals surface area contributed by atoms with Gasteiger partial charge in [0.1, 0.15) is 0 Å². The van der Waals surface area contributed by atoms with Crippen molar-refractivity contribution in [2.45, 2.75) is 20.4 Å². The topological polar surface area (TPSA) is 66.3 Å². The molecule has 5 nitrogen and oxygen atoms in total. The zero-order valence-corrected chi connectivity index (χ0v) is 11.0. The highest BCUT2D eigenvalue weighted by molar-refractivity contribution is 5.94. The van der Waals surface area contributed by atoms with Gasteiger partial charge in [-0.05, 0) is 29.8 Å². The number of nitrogens with zero attached hydrogens (tertiary/aromatic N) is 1. The molecule has 1 aliphatic rings. The highest BCUT2D eigenvalue weighted by Crippen LogP contribution is 2.28. The van der Waals surface area contributed by atoms with Crippen molar-refractivity contribution in [3.8, 4) is 11.3 Å². The molecule has 3 N–H and O–H groups in total. The van der Waals surface area contributed by atoms with E-state index in [1.54, 1.807) is 17.6 Å². The van der Waals surface area contributed by atoms with Crippen molar-refractivity contribution in [1.29, 1.82) is 0 Å². The van der Waals surface area contributed by atoms with Gasteiger partial charge in [0.25, 0.3) is 5.91 Å². The zero-order valence-electron chi connectivity index (χ0n) is 11.0. The van der Waals surface area contributed by atoms with E-state index >= 15 is 0 Å². The molecule has 19 heavy (non-hydrogen) atoms. The molecule has 0 aliphatic carbocycles. The van der Waals surface area contributed by atoms with Crippen molar-refractivity contribution in [2.75, 3.05) is 5.43 Å². The van der Waals surface area contributed by atoms with E-state index in [2.05, 4.69) is 5.43 Å². The van der Waals surface area contributed by atoms with Gasteiger partial charge in [0, 0.05) is 17.3 Å². The number of hydrogen-bond donors (Lipinski definition) is 3. The minimum Gasteiger partial charge on any atom is -0.321 e. The SMILES string of the molecule is CC.O=C(NO)c1ccc2c(c1)CNn1cccc1-2. The molecule has 1 aliphatic heterocycles. The van der Waals surface area contributed by atoms with E-state index in [1.807, 2.05) is 42.9 Å². The summed E-state index contributed by atoms with van der Waals surface area (Å²) in [5.41, 5.74) is 8.51. The highest BCUT2D eigenvalue weighted by atomic mass is 16.5. The zero-order chi connectivity index (χ0) is 13.8. The Morgan fingerprint density at radius 1 is 1.37 bits per heavy atom. The van der Waals surface area contributed by atoms with Crippen LogP contribution in [0.2, 0.25) is 0 Å². The summed E-state index contributed by atoms with van der Waals surface area (Å²) in [4.78, 5) is 11.3. The Labute approximate surface area is 111 Å². The third kappa shape index (κ3) is 2.32. The fourth-order valence-corrected chi connectivity index (χ4v) is 2.10. The predicted molar refractivity (Wildman–Crippen MR) is 73.5 cm³/mol. The van der Waals surface area contributed by atoms with E-state index in [1.165, 1.54) is 0 Å². The Balaban J connectivity index is 0.000000637. The molecule has 0 unspecified atom stereocenters. The van der Waals surface area contributed by atoms with Crippen LogP contribution in [0.4, 0.5) is 0 Å². The summed E-state index contributed by atoms with van der Waals surface area (Å²) in [5, 5.41) is 8.60. The molecule has 0 bridgehead atoms. The standard InChI is InChI=1S/C12H11N3O2.C2H6/c16-12(14-17)8-3-4-10-9(6-8)7-13-15-5-1-2-11(10)15;1-2/h1-6,13,17H,7H2,(H,14,16);1-2H3. The van der Waals surface area contributed by atoms with Crippen LogP contribution in [0, 0.1) is 0 Å². The molecule has 1 aromatic heterocycles. The van der Waals surface area contributed by atoms with E-state index in [4.69, 9.17) is 5.21 Å². The lowest BCUT2D eigenvalue weighted by molar-refractivity contribution is 0.0706. The van der Waals surface area contributed by atoms with Gasteiger partial charge in [0.15, 0.2) is 0 Å². The van der Waals surface area contributed by atoms with Gasteiger partial charge in [-0.25, -0.2) is 5.48 Å². The maximum absolute atomic E-state index is 11.3. The number of aromatic nitrogens is 1. The van der Waals surface area contributed by atoms with E-state index in [0.717, 1.165) is 16.8 Å². The molecule has 2 heterocycles. The van der Waals surface area contributed by atoms with Crippen LogP contribution in [0.15, 0.2) is 36.5 Å². The Morgan fingerprint density at radius 2 is 2.16 bits per heavy atom. The molecule has 5 heteroatoms. The van der Waals surface area contributed by atoms with Crippen LogP contribution in [-0.4, -0.2) is 15.8 Å². The van der Waals surface area contributed by atoms with Crippen LogP contribution in [0.5, 0.6) is 0 Å². The van der Waals surface area contributed by atoms with Crippen molar-refractivity contribution in [1.82, 2.24) is 10.2 Å². The smallest absolute Gasteiger partial charge is 0.274 e. The monoisotopic (exact) mass is 259 g/mol. The van der Waals surface area contributed by atoms with Crippen LogP contribution in [0.3, 0.4) is 0 Å². The first-order valence-electron chi connectivity index (χ1n) is 6.28. The highest BCUT2D eigenvalue weighted by Gasteiger charge is 2.16. The summed E-state index contributed by atoms with van der Waals surface area (Å²) in [6.45, 7) is 4.66. The molecule has 100 valence electrons. The van der Waals surface area contributed by atoms with E-state index in [9.17, 15) is 4.79 Å². The number of hydrogen-bond acceptors (Lipinski definition) is 3. The Hall–Kier alpha value is -2.27. The van der Waals surface area contributed by atoms with E-state index < -0.39 is 5.91 Å². The lowest BCUT2D eigenvalue weighted by Crippen LogP contribution is -2.22. The molecule has 0 radical (unpaired) electrons. The minimum atomic E-state index is -0.492. The molecule has 1 amide bonds. The van der Waals surface area contributed by atoms with E-state index in [0.29, 0.717) is 12.1 Å². The third-order valence-corrected chi connectivity index (χ3v) is 2.93. The van der Waals surface area contributed by atoms with Crippen molar-refractivity contribution < 1.29 is 10.0 Å². The quantitative estimate of drug-likeness (QED) is 0.544. The number of carbonyl (C=O) groups excluding carboxylic acids is 1.